The lowest BCUT2D eigenvalue weighted by Crippen LogP contribution is -2.56. The van der Waals surface area contributed by atoms with Crippen molar-refractivity contribution in [2.45, 2.75) is 45.7 Å². The Balaban J connectivity index is 2.53. The number of carbonyl (C=O) groups is 2. The van der Waals surface area contributed by atoms with Gasteiger partial charge in [0.25, 0.3) is 0 Å². The van der Waals surface area contributed by atoms with E-state index >= 15 is 0 Å². The first-order valence-electron chi connectivity index (χ1n) is 5.66. The summed E-state index contributed by atoms with van der Waals surface area (Å²) in [5.74, 6) is -0.366. The Hall–Kier alpha value is -1.10. The summed E-state index contributed by atoms with van der Waals surface area (Å²) >= 11 is 0. The Morgan fingerprint density at radius 3 is 2.69 bits per heavy atom. The van der Waals surface area contributed by atoms with Crippen LogP contribution in [0.15, 0.2) is 0 Å². The van der Waals surface area contributed by atoms with Gasteiger partial charge < -0.3 is 16.4 Å². The summed E-state index contributed by atoms with van der Waals surface area (Å²) in [6.45, 7) is 6.39. The molecule has 1 fully saturated rings. The van der Waals surface area contributed by atoms with Crippen molar-refractivity contribution < 1.29 is 9.59 Å². The lowest BCUT2D eigenvalue weighted by Gasteiger charge is -2.29. The molecule has 4 N–H and O–H groups in total. The molecule has 2 atom stereocenters. The summed E-state index contributed by atoms with van der Waals surface area (Å²) in [5, 5.41) is 5.42. The van der Waals surface area contributed by atoms with Gasteiger partial charge in [0.2, 0.25) is 11.8 Å². The molecule has 0 aromatic heterocycles. The van der Waals surface area contributed by atoms with Gasteiger partial charge in [0.1, 0.15) is 6.04 Å². The summed E-state index contributed by atoms with van der Waals surface area (Å²) in [6.07, 6.45) is 1.58. The Morgan fingerprint density at radius 2 is 2.19 bits per heavy atom. The van der Waals surface area contributed by atoms with Gasteiger partial charge in [-0.3, -0.25) is 9.59 Å². The molecule has 0 aromatic rings. The Labute approximate surface area is 96.1 Å². The van der Waals surface area contributed by atoms with Crippen LogP contribution in [-0.4, -0.2) is 30.4 Å². The van der Waals surface area contributed by atoms with Crippen LogP contribution in [0.2, 0.25) is 0 Å². The van der Waals surface area contributed by atoms with Crippen molar-refractivity contribution in [1.82, 2.24) is 10.6 Å². The maximum Gasteiger partial charge on any atom is 0.242 e. The molecule has 2 amide bonds. The fourth-order valence-corrected chi connectivity index (χ4v) is 1.56. The highest BCUT2D eigenvalue weighted by Gasteiger charge is 2.31. The minimum absolute atomic E-state index is 0.110. The SMILES string of the molecule is CC(C)(C)C(N)C(=O)NC1CCCNC1=O. The Morgan fingerprint density at radius 1 is 1.56 bits per heavy atom. The first-order chi connectivity index (χ1) is 7.32. The van der Waals surface area contributed by atoms with Gasteiger partial charge in [0.15, 0.2) is 0 Å². The van der Waals surface area contributed by atoms with E-state index < -0.39 is 12.1 Å². The maximum absolute atomic E-state index is 11.8. The van der Waals surface area contributed by atoms with Crippen molar-refractivity contribution in [3.63, 3.8) is 0 Å². The van der Waals surface area contributed by atoms with E-state index in [-0.39, 0.29) is 17.2 Å². The molecular weight excluding hydrogens is 206 g/mol. The minimum atomic E-state index is -0.595. The van der Waals surface area contributed by atoms with Gasteiger partial charge in [-0.05, 0) is 18.3 Å². The average Bonchev–Trinajstić information content (AvgIpc) is 2.19. The molecule has 0 aliphatic carbocycles. The van der Waals surface area contributed by atoms with E-state index in [9.17, 15) is 9.59 Å². The number of nitrogens with two attached hydrogens (primary N) is 1. The molecule has 0 radical (unpaired) electrons. The van der Waals surface area contributed by atoms with Crippen LogP contribution in [0.25, 0.3) is 0 Å². The second-order valence-electron chi connectivity index (χ2n) is 5.34. The van der Waals surface area contributed by atoms with Gasteiger partial charge in [-0.25, -0.2) is 0 Å². The number of nitrogens with one attached hydrogen (secondary N) is 2. The highest BCUT2D eigenvalue weighted by atomic mass is 16.2. The zero-order valence-electron chi connectivity index (χ0n) is 10.2. The van der Waals surface area contributed by atoms with Crippen LogP contribution in [0.4, 0.5) is 0 Å². The van der Waals surface area contributed by atoms with Crippen LogP contribution in [-0.2, 0) is 9.59 Å². The number of hydrogen-bond acceptors (Lipinski definition) is 3. The molecule has 16 heavy (non-hydrogen) atoms. The third kappa shape index (κ3) is 3.20. The van der Waals surface area contributed by atoms with E-state index in [0.29, 0.717) is 13.0 Å². The highest BCUT2D eigenvalue weighted by Crippen LogP contribution is 2.17. The second kappa shape index (κ2) is 4.82. The fraction of sp³-hybridized carbons (Fsp3) is 0.818. The van der Waals surface area contributed by atoms with Crippen molar-refractivity contribution in [2.75, 3.05) is 6.54 Å². The van der Waals surface area contributed by atoms with Gasteiger partial charge >= 0.3 is 0 Å². The maximum atomic E-state index is 11.8. The predicted octanol–water partition coefficient (Wildman–Crippen LogP) is -0.245. The van der Waals surface area contributed by atoms with Crippen molar-refractivity contribution in [3.8, 4) is 0 Å². The predicted molar refractivity (Wildman–Crippen MR) is 61.6 cm³/mol. The number of piperidine rings is 1. The van der Waals surface area contributed by atoms with Crippen LogP contribution in [0.3, 0.4) is 0 Å². The standard InChI is InChI=1S/C11H21N3O2/c1-11(2,3)8(12)10(16)14-7-5-4-6-13-9(7)15/h7-8H,4-6,12H2,1-3H3,(H,13,15)(H,14,16). The number of rotatable bonds is 2. The third-order valence-corrected chi connectivity index (χ3v) is 2.82. The average molecular weight is 227 g/mol. The first kappa shape index (κ1) is 13.0. The summed E-state index contributed by atoms with van der Waals surface area (Å²) in [6, 6.07) is -1.02. The van der Waals surface area contributed by atoms with Crippen LogP contribution in [0.1, 0.15) is 33.6 Å². The Kier molecular flexibility index (Phi) is 3.91. The van der Waals surface area contributed by atoms with Crippen molar-refractivity contribution in [3.05, 3.63) is 0 Å². The lowest BCUT2D eigenvalue weighted by atomic mass is 9.86. The van der Waals surface area contributed by atoms with Gasteiger partial charge in [-0.1, -0.05) is 20.8 Å². The zero-order chi connectivity index (χ0) is 12.3. The molecule has 0 aromatic carbocycles. The molecule has 1 aliphatic heterocycles. The molecule has 2 unspecified atom stereocenters. The van der Waals surface area contributed by atoms with Crippen LogP contribution >= 0.6 is 0 Å². The van der Waals surface area contributed by atoms with Gasteiger partial charge in [-0.2, -0.15) is 0 Å². The van der Waals surface area contributed by atoms with Gasteiger partial charge in [0, 0.05) is 6.54 Å². The lowest BCUT2D eigenvalue weighted by molar-refractivity contribution is -0.131. The van der Waals surface area contributed by atoms with E-state index in [0.717, 1.165) is 6.42 Å². The molecule has 1 heterocycles. The van der Waals surface area contributed by atoms with E-state index in [1.165, 1.54) is 0 Å². The summed E-state index contributed by atoms with van der Waals surface area (Å²) in [7, 11) is 0. The summed E-state index contributed by atoms with van der Waals surface area (Å²) < 4.78 is 0. The highest BCUT2D eigenvalue weighted by molar-refractivity contribution is 5.90. The van der Waals surface area contributed by atoms with Gasteiger partial charge in [0.05, 0.1) is 6.04 Å². The Bertz CT molecular complexity index is 283. The van der Waals surface area contributed by atoms with E-state index in [2.05, 4.69) is 10.6 Å². The smallest absolute Gasteiger partial charge is 0.242 e. The van der Waals surface area contributed by atoms with Crippen molar-refractivity contribution >= 4 is 11.8 Å². The molecule has 0 spiro atoms. The molecule has 0 saturated carbocycles. The topological polar surface area (TPSA) is 84.2 Å². The van der Waals surface area contributed by atoms with Crippen LogP contribution < -0.4 is 16.4 Å². The van der Waals surface area contributed by atoms with E-state index in [4.69, 9.17) is 5.73 Å². The normalized spacial score (nSPS) is 23.5. The van der Waals surface area contributed by atoms with Crippen LogP contribution in [0, 0.1) is 5.41 Å². The van der Waals surface area contributed by atoms with Crippen molar-refractivity contribution in [1.29, 1.82) is 0 Å². The monoisotopic (exact) mass is 227 g/mol. The quantitative estimate of drug-likeness (QED) is 0.608. The molecule has 92 valence electrons. The molecule has 5 nitrogen and oxygen atoms in total. The third-order valence-electron chi connectivity index (χ3n) is 2.82. The molecule has 5 heteroatoms. The fourth-order valence-electron chi connectivity index (χ4n) is 1.56. The summed E-state index contributed by atoms with van der Waals surface area (Å²) in [4.78, 5) is 23.2. The zero-order valence-corrected chi connectivity index (χ0v) is 10.2. The number of carbonyl (C=O) groups excluding carboxylic acids is 2. The van der Waals surface area contributed by atoms with Crippen molar-refractivity contribution in [2.24, 2.45) is 11.1 Å². The second-order valence-corrected chi connectivity index (χ2v) is 5.34. The van der Waals surface area contributed by atoms with Gasteiger partial charge in [-0.15, -0.1) is 0 Å². The largest absolute Gasteiger partial charge is 0.354 e. The van der Waals surface area contributed by atoms with Crippen LogP contribution in [0.5, 0.6) is 0 Å². The van der Waals surface area contributed by atoms with E-state index in [1.54, 1.807) is 0 Å². The molecule has 1 rings (SSSR count). The molecule has 1 aliphatic rings. The first-order valence-corrected chi connectivity index (χ1v) is 5.66. The summed E-state index contributed by atoms with van der Waals surface area (Å²) in [5.41, 5.74) is 5.52. The number of hydrogen-bond donors (Lipinski definition) is 3. The molecular formula is C11H21N3O2. The number of amides is 2. The molecule has 0 bridgehead atoms. The van der Waals surface area contributed by atoms with E-state index in [1.807, 2.05) is 20.8 Å². The molecule has 1 saturated heterocycles. The minimum Gasteiger partial charge on any atom is -0.354 e.